The van der Waals surface area contributed by atoms with Crippen molar-refractivity contribution in [2.45, 2.75) is 13.0 Å². The van der Waals surface area contributed by atoms with Crippen LogP contribution in [-0.2, 0) is 14.3 Å². The molecule has 1 N–H and O–H groups in total. The maximum Gasteiger partial charge on any atom is 0.344 e. The third-order valence-electron chi connectivity index (χ3n) is 3.80. The van der Waals surface area contributed by atoms with Crippen LogP contribution in [0.3, 0.4) is 0 Å². The molecule has 0 fully saturated rings. The number of rotatable bonds is 7. The van der Waals surface area contributed by atoms with Crippen LogP contribution in [0.1, 0.15) is 18.7 Å². The van der Waals surface area contributed by atoms with E-state index in [1.54, 1.807) is 13.0 Å². The van der Waals surface area contributed by atoms with E-state index in [9.17, 15) is 14.0 Å². The van der Waals surface area contributed by atoms with Gasteiger partial charge in [-0.05, 0) is 31.2 Å². The highest BCUT2D eigenvalue weighted by Gasteiger charge is 2.16. The first-order valence-corrected chi connectivity index (χ1v) is 8.33. The molecule has 0 unspecified atom stereocenters. The molecule has 0 aliphatic heterocycles. The number of benzene rings is 2. The smallest absolute Gasteiger partial charge is 0.344 e. The normalized spacial score (nSPS) is 11.8. The molecule has 27 heavy (non-hydrogen) atoms. The number of esters is 1. The van der Waals surface area contributed by atoms with Crippen LogP contribution in [0, 0.1) is 5.82 Å². The van der Waals surface area contributed by atoms with Crippen LogP contribution in [0.5, 0.6) is 5.75 Å². The molecule has 1 aromatic heterocycles. The van der Waals surface area contributed by atoms with Gasteiger partial charge in [0.1, 0.15) is 11.3 Å². The van der Waals surface area contributed by atoms with Gasteiger partial charge in [-0.3, -0.25) is 4.79 Å². The van der Waals surface area contributed by atoms with Crippen LogP contribution in [0.4, 0.5) is 4.39 Å². The SMILES string of the molecule is C[C@H](NC(=O)COC(=O)COc1ccccc1F)c1cc2ccccc2o1. The van der Waals surface area contributed by atoms with Gasteiger partial charge in [0.25, 0.3) is 5.91 Å². The molecule has 1 atom stereocenters. The van der Waals surface area contributed by atoms with Crippen LogP contribution in [-0.4, -0.2) is 25.1 Å². The van der Waals surface area contributed by atoms with Gasteiger partial charge < -0.3 is 19.2 Å². The summed E-state index contributed by atoms with van der Waals surface area (Å²) < 4.78 is 28.9. The van der Waals surface area contributed by atoms with E-state index in [4.69, 9.17) is 13.9 Å². The second-order valence-corrected chi connectivity index (χ2v) is 5.86. The zero-order valence-electron chi connectivity index (χ0n) is 14.6. The molecule has 7 heteroatoms. The number of carbonyl (C=O) groups excluding carboxylic acids is 2. The Morgan fingerprint density at radius 1 is 1.11 bits per heavy atom. The topological polar surface area (TPSA) is 77.8 Å². The summed E-state index contributed by atoms with van der Waals surface area (Å²) >= 11 is 0. The number of hydrogen-bond donors (Lipinski definition) is 1. The van der Waals surface area contributed by atoms with Gasteiger partial charge in [0.2, 0.25) is 0 Å². The molecule has 0 aliphatic rings. The Hall–Kier alpha value is -3.35. The second kappa shape index (κ2) is 8.35. The number of para-hydroxylation sites is 2. The van der Waals surface area contributed by atoms with Crippen LogP contribution in [0.25, 0.3) is 11.0 Å². The van der Waals surface area contributed by atoms with Crippen molar-refractivity contribution in [1.29, 1.82) is 0 Å². The molecule has 0 aliphatic carbocycles. The summed E-state index contributed by atoms with van der Waals surface area (Å²) in [6.45, 7) is 0.802. The molecule has 0 saturated carbocycles. The lowest BCUT2D eigenvalue weighted by molar-refractivity contribution is -0.150. The maximum atomic E-state index is 13.4. The first-order valence-electron chi connectivity index (χ1n) is 8.33. The van der Waals surface area contributed by atoms with Crippen LogP contribution in [0.2, 0.25) is 0 Å². The largest absolute Gasteiger partial charge is 0.479 e. The fraction of sp³-hybridized carbons (Fsp3) is 0.200. The highest BCUT2D eigenvalue weighted by Crippen LogP contribution is 2.23. The van der Waals surface area contributed by atoms with Gasteiger partial charge in [0, 0.05) is 5.39 Å². The molecular formula is C20H18FNO5. The molecular weight excluding hydrogens is 353 g/mol. The predicted octanol–water partition coefficient (Wildman–Crippen LogP) is 3.37. The number of halogens is 1. The summed E-state index contributed by atoms with van der Waals surface area (Å²) in [6, 6.07) is 14.7. The van der Waals surface area contributed by atoms with E-state index < -0.39 is 36.9 Å². The maximum absolute atomic E-state index is 13.4. The lowest BCUT2D eigenvalue weighted by Crippen LogP contribution is -2.31. The Morgan fingerprint density at radius 2 is 1.85 bits per heavy atom. The quantitative estimate of drug-likeness (QED) is 0.645. The van der Waals surface area contributed by atoms with Gasteiger partial charge in [0.15, 0.2) is 24.8 Å². The third-order valence-corrected chi connectivity index (χ3v) is 3.80. The van der Waals surface area contributed by atoms with Gasteiger partial charge >= 0.3 is 5.97 Å². The lowest BCUT2D eigenvalue weighted by Gasteiger charge is -2.12. The van der Waals surface area contributed by atoms with Gasteiger partial charge in [-0.15, -0.1) is 0 Å². The van der Waals surface area contributed by atoms with E-state index in [0.29, 0.717) is 5.76 Å². The van der Waals surface area contributed by atoms with E-state index in [1.807, 2.05) is 30.3 Å². The van der Waals surface area contributed by atoms with Crippen LogP contribution >= 0.6 is 0 Å². The summed E-state index contributed by atoms with van der Waals surface area (Å²) in [4.78, 5) is 23.6. The summed E-state index contributed by atoms with van der Waals surface area (Å²) in [6.07, 6.45) is 0. The molecule has 0 saturated heterocycles. The first kappa shape index (κ1) is 18.4. The molecule has 140 valence electrons. The fourth-order valence-electron chi connectivity index (χ4n) is 2.46. The Labute approximate surface area is 154 Å². The van der Waals surface area contributed by atoms with E-state index >= 15 is 0 Å². The Morgan fingerprint density at radius 3 is 2.63 bits per heavy atom. The van der Waals surface area contributed by atoms with Gasteiger partial charge in [-0.1, -0.05) is 30.3 Å². The average molecular weight is 371 g/mol. The van der Waals surface area contributed by atoms with Crippen molar-refractivity contribution < 1.29 is 27.9 Å². The number of hydrogen-bond acceptors (Lipinski definition) is 5. The molecule has 3 rings (SSSR count). The number of amides is 1. The summed E-state index contributed by atoms with van der Waals surface area (Å²) in [5.41, 5.74) is 0.727. The minimum atomic E-state index is -0.773. The summed E-state index contributed by atoms with van der Waals surface area (Å²) in [7, 11) is 0. The highest BCUT2D eigenvalue weighted by molar-refractivity contribution is 5.82. The minimum absolute atomic E-state index is 0.0580. The van der Waals surface area contributed by atoms with E-state index in [0.717, 1.165) is 11.0 Å². The number of ether oxygens (including phenoxy) is 2. The summed E-state index contributed by atoms with van der Waals surface area (Å²) in [5.74, 6) is -1.30. The van der Waals surface area contributed by atoms with Crippen molar-refractivity contribution >= 4 is 22.8 Å². The summed E-state index contributed by atoms with van der Waals surface area (Å²) in [5, 5.41) is 3.62. The fourth-order valence-corrected chi connectivity index (χ4v) is 2.46. The standard InChI is InChI=1S/C20H18FNO5/c1-13(18-10-14-6-2-4-8-16(14)27-18)22-19(23)11-26-20(24)12-25-17-9-5-3-7-15(17)21/h2-10,13H,11-12H2,1H3,(H,22,23)/t13-/m0/s1. The van der Waals surface area contributed by atoms with Crippen LogP contribution < -0.4 is 10.1 Å². The van der Waals surface area contributed by atoms with Crippen molar-refractivity contribution in [3.8, 4) is 5.75 Å². The monoisotopic (exact) mass is 371 g/mol. The van der Waals surface area contributed by atoms with Crippen molar-refractivity contribution in [1.82, 2.24) is 5.32 Å². The molecule has 0 bridgehead atoms. The number of nitrogens with one attached hydrogen (secondary N) is 1. The Kier molecular flexibility index (Phi) is 5.71. The second-order valence-electron chi connectivity index (χ2n) is 5.86. The van der Waals surface area contributed by atoms with Gasteiger partial charge in [0.05, 0.1) is 6.04 Å². The van der Waals surface area contributed by atoms with E-state index in [-0.39, 0.29) is 5.75 Å². The molecule has 0 radical (unpaired) electrons. The lowest BCUT2D eigenvalue weighted by atomic mass is 10.2. The minimum Gasteiger partial charge on any atom is -0.479 e. The zero-order valence-corrected chi connectivity index (χ0v) is 14.6. The van der Waals surface area contributed by atoms with Crippen molar-refractivity contribution in [3.63, 3.8) is 0 Å². The molecule has 3 aromatic rings. The molecule has 6 nitrogen and oxygen atoms in total. The molecule has 0 spiro atoms. The van der Waals surface area contributed by atoms with E-state index in [2.05, 4.69) is 5.32 Å². The number of fused-ring (bicyclic) bond motifs is 1. The predicted molar refractivity (Wildman–Crippen MR) is 95.6 cm³/mol. The van der Waals surface area contributed by atoms with Crippen molar-refractivity contribution in [3.05, 3.63) is 66.2 Å². The molecule has 1 amide bonds. The van der Waals surface area contributed by atoms with Gasteiger partial charge in [-0.25, -0.2) is 9.18 Å². The first-order chi connectivity index (χ1) is 13.0. The Bertz CT molecular complexity index is 919. The van der Waals surface area contributed by atoms with E-state index in [1.165, 1.54) is 18.2 Å². The zero-order chi connectivity index (χ0) is 19.2. The number of carbonyl (C=O) groups is 2. The molecule has 1 heterocycles. The van der Waals surface area contributed by atoms with Crippen LogP contribution in [0.15, 0.2) is 59.0 Å². The average Bonchev–Trinajstić information content (AvgIpc) is 3.10. The molecule has 2 aromatic carbocycles. The van der Waals surface area contributed by atoms with Gasteiger partial charge in [-0.2, -0.15) is 0 Å². The highest BCUT2D eigenvalue weighted by atomic mass is 19.1. The van der Waals surface area contributed by atoms with Crippen molar-refractivity contribution in [2.75, 3.05) is 13.2 Å². The number of furan rings is 1. The third kappa shape index (κ3) is 4.84. The van der Waals surface area contributed by atoms with Crippen molar-refractivity contribution in [2.24, 2.45) is 0 Å². The Balaban J connectivity index is 1.44.